The molecule has 3 N–H and O–H groups in total. The van der Waals surface area contributed by atoms with Crippen molar-refractivity contribution in [2.24, 2.45) is 5.73 Å². The van der Waals surface area contributed by atoms with Crippen molar-refractivity contribution >= 4 is 73.7 Å². The van der Waals surface area contributed by atoms with Crippen LogP contribution in [0.15, 0.2) is 98.9 Å². The van der Waals surface area contributed by atoms with Crippen LogP contribution in [0.5, 0.6) is 0 Å². The number of benzene rings is 4. The minimum atomic E-state index is -3.78. The molecule has 23 heteroatoms. The number of hydrogen-bond acceptors (Lipinski definition) is 18. The molecular formula is C58H62N8O13S2. The van der Waals surface area contributed by atoms with E-state index in [0.717, 1.165) is 88.1 Å². The molecule has 1 amide bonds. The molecule has 4 fully saturated rings. The van der Waals surface area contributed by atoms with Crippen molar-refractivity contribution in [2.75, 3.05) is 14.1 Å². The number of amides is 1. The topological polar surface area (TPSA) is 300 Å². The Balaban J connectivity index is 0.000000166. The van der Waals surface area contributed by atoms with Crippen molar-refractivity contribution in [2.45, 2.75) is 127 Å². The Kier molecular flexibility index (Phi) is 17.6. The maximum Gasteiger partial charge on any atom is 0.420 e. The number of sulfone groups is 1. The second-order valence-corrected chi connectivity index (χ2v) is 23.2. The molecule has 2 saturated heterocycles. The lowest BCUT2D eigenvalue weighted by Gasteiger charge is -2.26. The molecule has 12 rings (SSSR count). The highest BCUT2D eigenvalue weighted by molar-refractivity contribution is 7.92. The number of likely N-dealkylation sites (tertiary alicyclic amines) is 1. The summed E-state index contributed by atoms with van der Waals surface area (Å²) in [4.78, 5) is 74.5. The third-order valence-electron chi connectivity index (χ3n) is 14.1. The number of aryl methyl sites for hydroxylation is 4. The number of aromatic nitrogens is 6. The number of carbonyl (C=O) groups excluding carboxylic acids is 5. The summed E-state index contributed by atoms with van der Waals surface area (Å²) in [6, 6.07) is 24.5. The minimum absolute atomic E-state index is 0.0741. The molecule has 424 valence electrons. The Hall–Kier alpha value is -8.28. The fourth-order valence-electron chi connectivity index (χ4n) is 10.2. The highest BCUT2D eigenvalue weighted by Gasteiger charge is 2.48. The molecule has 21 nitrogen and oxygen atoms in total. The number of rotatable bonds is 9. The number of nitrogens with one attached hydrogen (secondary N) is 1. The molecule has 6 heterocycles. The Labute approximate surface area is 470 Å². The minimum Gasteiger partial charge on any atom is -0.443 e. The van der Waals surface area contributed by atoms with Crippen molar-refractivity contribution in [1.29, 1.82) is 0 Å². The van der Waals surface area contributed by atoms with Gasteiger partial charge in [-0.15, -0.1) is 0 Å². The summed E-state index contributed by atoms with van der Waals surface area (Å²) < 4.78 is 66.4. The first-order chi connectivity index (χ1) is 38.6. The van der Waals surface area contributed by atoms with Gasteiger partial charge in [-0.2, -0.15) is 8.42 Å². The number of cyclic esters (lactones) is 2. The predicted molar refractivity (Wildman–Crippen MR) is 298 cm³/mol. The van der Waals surface area contributed by atoms with Crippen LogP contribution in [0.1, 0.15) is 139 Å². The molecule has 2 aliphatic carbocycles. The maximum absolute atomic E-state index is 13.8. The van der Waals surface area contributed by atoms with Crippen LogP contribution < -0.4 is 5.73 Å². The summed E-state index contributed by atoms with van der Waals surface area (Å²) in [5.74, 6) is 2.04. The number of ether oxygens (including phenoxy) is 2. The van der Waals surface area contributed by atoms with Gasteiger partial charge in [0.05, 0.1) is 62.0 Å². The molecule has 2 aliphatic heterocycles. The van der Waals surface area contributed by atoms with Crippen LogP contribution in [0, 0.1) is 27.7 Å². The third kappa shape index (κ3) is 12.5. The van der Waals surface area contributed by atoms with Crippen LogP contribution >= 0.6 is 0 Å². The normalized spacial score (nSPS) is 17.7. The molecule has 0 bridgehead atoms. The smallest absolute Gasteiger partial charge is 0.420 e. The van der Waals surface area contributed by atoms with Gasteiger partial charge in [0.2, 0.25) is 5.91 Å². The Morgan fingerprint density at radius 3 is 1.86 bits per heavy atom. The molecule has 2 saturated carbocycles. The van der Waals surface area contributed by atoms with Crippen LogP contribution in [0.3, 0.4) is 0 Å². The number of aromatic amines is 1. The molecule has 0 spiro atoms. The summed E-state index contributed by atoms with van der Waals surface area (Å²) in [6.07, 6.45) is 4.49. The lowest BCUT2D eigenvalue weighted by Crippen LogP contribution is -2.30. The molecule has 4 aromatic carbocycles. The lowest BCUT2D eigenvalue weighted by molar-refractivity contribution is -0.152. The van der Waals surface area contributed by atoms with Gasteiger partial charge in [-0.25, -0.2) is 27.7 Å². The summed E-state index contributed by atoms with van der Waals surface area (Å²) in [6.45, 7) is 12.9. The summed E-state index contributed by atoms with van der Waals surface area (Å²) in [5, 5.41) is 7.18. The van der Waals surface area contributed by atoms with E-state index < -0.39 is 62.3 Å². The van der Waals surface area contributed by atoms with E-state index in [9.17, 15) is 32.4 Å². The predicted octanol–water partition coefficient (Wildman–Crippen LogP) is 9.39. The van der Waals surface area contributed by atoms with Gasteiger partial charge >= 0.3 is 29.6 Å². The summed E-state index contributed by atoms with van der Waals surface area (Å²) in [7, 11) is -0.605. The highest BCUT2D eigenvalue weighted by atomic mass is 32.2. The number of esters is 2. The monoisotopic (exact) mass is 1140 g/mol. The van der Waals surface area contributed by atoms with E-state index in [4.69, 9.17) is 27.2 Å². The van der Waals surface area contributed by atoms with E-state index in [2.05, 4.69) is 30.8 Å². The molecule has 8 aromatic rings. The van der Waals surface area contributed by atoms with Crippen LogP contribution in [-0.2, 0) is 45.3 Å². The zero-order valence-electron chi connectivity index (χ0n) is 46.2. The Morgan fingerprint density at radius 1 is 0.790 bits per heavy atom. The van der Waals surface area contributed by atoms with Crippen molar-refractivity contribution < 1.29 is 59.3 Å². The zero-order valence-corrected chi connectivity index (χ0v) is 47.8. The number of H-pyrrole nitrogens is 1. The second kappa shape index (κ2) is 24.2. The van der Waals surface area contributed by atoms with Gasteiger partial charge in [-0.3, -0.25) is 19.2 Å². The number of imidazole rings is 2. The average Bonchev–Trinajstić information content (AvgIpc) is 4.45. The van der Waals surface area contributed by atoms with Gasteiger partial charge in [0.15, 0.2) is 16.1 Å². The zero-order chi connectivity index (χ0) is 58.7. The second-order valence-electron chi connectivity index (χ2n) is 20.9. The van der Waals surface area contributed by atoms with Gasteiger partial charge in [0.25, 0.3) is 0 Å². The molecular weight excluding hydrogens is 1080 g/mol. The van der Waals surface area contributed by atoms with E-state index in [0.29, 0.717) is 45.4 Å². The molecule has 3 unspecified atom stereocenters. The van der Waals surface area contributed by atoms with Gasteiger partial charge in [-0.1, -0.05) is 58.8 Å². The van der Waals surface area contributed by atoms with Gasteiger partial charge in [0, 0.05) is 47.6 Å². The molecule has 4 aliphatic rings. The largest absolute Gasteiger partial charge is 0.443 e. The third-order valence-corrected chi connectivity index (χ3v) is 16.3. The standard InChI is InChI=1S/C26H26N4O4S.C21H23N3O4.C10H8O3.CH5N.O2S/c1-14-23(15(2)34-29-14)17-11-19(24-20(12-17)27-26(28-24)16-9-10-16)25-21(13-22(31)30(25)3)35(32,33)18-7-5-4-6-8-18;1-11-17(12(2)28-23-11)14-8-15(10-25)18-16(9-14)24(19(22-18)13-6-7-13)20(26)27-21(3,4)5;11-9-6-8(10(12)13-9)7-4-2-1-3-5-7;1-2;1-3-2/h4-8,11-12,16,21,25H,9-10,13H2,1-3H3,(H,27,28);8-10,13H,6-7H2,1-5H3;1-5,8H,6H2;2H2,1H3;. The van der Waals surface area contributed by atoms with Gasteiger partial charge in [-0.05, 0) is 134 Å². The fraction of sp³-hybridized carbons (Fsp3) is 0.362. The first-order valence-corrected chi connectivity index (χ1v) is 28.3. The summed E-state index contributed by atoms with van der Waals surface area (Å²) in [5.41, 5.74) is 13.2. The highest BCUT2D eigenvalue weighted by Crippen LogP contribution is 2.46. The van der Waals surface area contributed by atoms with Crippen molar-refractivity contribution in [3.8, 4) is 22.3 Å². The Morgan fingerprint density at radius 2 is 1.36 bits per heavy atom. The molecule has 3 atom stereocenters. The molecule has 81 heavy (non-hydrogen) atoms. The van der Waals surface area contributed by atoms with Crippen LogP contribution in [-0.4, -0.2) is 107 Å². The fourth-order valence-corrected chi connectivity index (χ4v) is 12.1. The van der Waals surface area contributed by atoms with E-state index in [-0.39, 0.29) is 29.6 Å². The molecule has 4 aromatic heterocycles. The number of carbonyl (C=O) groups is 5. The van der Waals surface area contributed by atoms with E-state index >= 15 is 0 Å². The van der Waals surface area contributed by atoms with Crippen LogP contribution in [0.25, 0.3) is 44.3 Å². The number of nitrogens with zero attached hydrogens (tertiary/aromatic N) is 6. The maximum atomic E-state index is 13.8. The molecule has 0 radical (unpaired) electrons. The number of aldehydes is 1. The van der Waals surface area contributed by atoms with Gasteiger partial charge in [0.1, 0.15) is 28.8 Å². The number of nitrogens with two attached hydrogens (primary N) is 1. The first-order valence-electron chi connectivity index (χ1n) is 26.1. The summed E-state index contributed by atoms with van der Waals surface area (Å²) >= 11 is -0.750. The van der Waals surface area contributed by atoms with E-state index in [1.165, 1.54) is 11.6 Å². The van der Waals surface area contributed by atoms with Crippen molar-refractivity contribution in [1.82, 2.24) is 34.7 Å². The van der Waals surface area contributed by atoms with E-state index in [1.807, 2.05) is 97.0 Å². The lowest BCUT2D eigenvalue weighted by atomic mass is 9.95. The van der Waals surface area contributed by atoms with Gasteiger partial charge < -0.3 is 34.1 Å². The van der Waals surface area contributed by atoms with Crippen molar-refractivity contribution in [3.05, 3.63) is 136 Å². The first kappa shape index (κ1) is 58.9. The average molecular weight is 1140 g/mol. The van der Waals surface area contributed by atoms with E-state index in [1.54, 1.807) is 48.3 Å². The Bertz CT molecular complexity index is 3790. The van der Waals surface area contributed by atoms with Crippen molar-refractivity contribution in [3.63, 3.8) is 0 Å². The quantitative estimate of drug-likeness (QED) is 0.0772. The van der Waals surface area contributed by atoms with Crippen LogP contribution in [0.4, 0.5) is 4.79 Å². The number of hydrogen-bond donors (Lipinski definition) is 2. The SMILES string of the molecule is CN.Cc1noc(C)c1-c1cc(C2C(S(=O)(=O)c3ccccc3)CC(=O)N2C)c2nc(C3CC3)[nH]c2c1.Cc1noc(C)c1-c1cc(C=O)c2nc(C3CC3)n(C(=O)OC(C)(C)C)c2c1.O=C1CC(c2ccccc2)C(=O)O1.O=S=O. The number of fused-ring (bicyclic) bond motifs is 2. The van der Waals surface area contributed by atoms with Crippen LogP contribution in [0.2, 0.25) is 0 Å².